The van der Waals surface area contributed by atoms with E-state index in [0.717, 1.165) is 24.8 Å². The molecule has 1 saturated heterocycles. The number of nitro benzene ring substituents is 1. The summed E-state index contributed by atoms with van der Waals surface area (Å²) in [6, 6.07) is 6.13. The third kappa shape index (κ3) is 4.10. The molecule has 1 aromatic carbocycles. The van der Waals surface area contributed by atoms with E-state index in [9.17, 15) is 14.9 Å². The van der Waals surface area contributed by atoms with Crippen LogP contribution in [-0.4, -0.2) is 34.3 Å². The van der Waals surface area contributed by atoms with Crippen LogP contribution in [0.25, 0.3) is 0 Å². The van der Waals surface area contributed by atoms with Gasteiger partial charge in [0.15, 0.2) is 0 Å². The number of amides is 1. The van der Waals surface area contributed by atoms with E-state index in [1.54, 1.807) is 17.0 Å². The summed E-state index contributed by atoms with van der Waals surface area (Å²) in [6.07, 6.45) is 2.71. The normalized spacial score (nSPS) is 18.3. The molecule has 0 aromatic heterocycles. The number of nitro groups is 1. The van der Waals surface area contributed by atoms with Crippen molar-refractivity contribution in [2.45, 2.75) is 31.9 Å². The van der Waals surface area contributed by atoms with Crippen LogP contribution in [0.15, 0.2) is 24.3 Å². The maximum Gasteiger partial charge on any atom is 0.410 e. The van der Waals surface area contributed by atoms with Crippen molar-refractivity contribution in [2.75, 3.05) is 12.3 Å². The number of piperidine rings is 1. The summed E-state index contributed by atoms with van der Waals surface area (Å²) >= 11 is 4.27. The zero-order chi connectivity index (χ0) is 15.2. The SMILES string of the molecule is O=C(OCc1ccc([N+](=O)[O-])cc1)N1CCCCC1CS. The van der Waals surface area contributed by atoms with Crippen molar-refractivity contribution in [2.24, 2.45) is 0 Å². The highest BCUT2D eigenvalue weighted by Crippen LogP contribution is 2.19. The fourth-order valence-corrected chi connectivity index (χ4v) is 2.75. The number of hydrogen-bond acceptors (Lipinski definition) is 5. The van der Waals surface area contributed by atoms with Gasteiger partial charge in [0.05, 0.1) is 4.92 Å². The van der Waals surface area contributed by atoms with E-state index in [-0.39, 0.29) is 24.4 Å². The minimum atomic E-state index is -0.458. The number of nitrogens with zero attached hydrogens (tertiary/aromatic N) is 2. The van der Waals surface area contributed by atoms with E-state index in [1.165, 1.54) is 12.1 Å². The Morgan fingerprint density at radius 1 is 1.38 bits per heavy atom. The van der Waals surface area contributed by atoms with E-state index < -0.39 is 4.92 Å². The Morgan fingerprint density at radius 2 is 2.10 bits per heavy atom. The summed E-state index contributed by atoms with van der Waals surface area (Å²) in [4.78, 5) is 23.9. The molecule has 1 atom stereocenters. The average Bonchev–Trinajstić information content (AvgIpc) is 2.52. The molecule has 21 heavy (non-hydrogen) atoms. The molecule has 7 heteroatoms. The van der Waals surface area contributed by atoms with Gasteiger partial charge in [-0.1, -0.05) is 0 Å². The summed E-state index contributed by atoms with van der Waals surface area (Å²) in [7, 11) is 0. The molecule has 1 amide bonds. The third-order valence-electron chi connectivity index (χ3n) is 3.58. The van der Waals surface area contributed by atoms with Gasteiger partial charge in [-0.3, -0.25) is 10.1 Å². The molecule has 0 bridgehead atoms. The standard InChI is InChI=1S/C14H18N2O4S/c17-14(15-8-2-1-3-13(15)10-21)20-9-11-4-6-12(7-5-11)16(18)19/h4-7,13,21H,1-3,8-10H2. The monoisotopic (exact) mass is 310 g/mol. The third-order valence-corrected chi connectivity index (χ3v) is 4.00. The summed E-state index contributed by atoms with van der Waals surface area (Å²) in [5, 5.41) is 10.6. The van der Waals surface area contributed by atoms with Crippen LogP contribution in [0, 0.1) is 10.1 Å². The van der Waals surface area contributed by atoms with Gasteiger partial charge in [-0.2, -0.15) is 12.6 Å². The molecule has 2 rings (SSSR count). The van der Waals surface area contributed by atoms with Gasteiger partial charge in [0, 0.05) is 30.5 Å². The molecule has 114 valence electrons. The number of hydrogen-bond donors (Lipinski definition) is 1. The van der Waals surface area contributed by atoms with Gasteiger partial charge in [-0.15, -0.1) is 0 Å². The number of non-ortho nitro benzene ring substituents is 1. The lowest BCUT2D eigenvalue weighted by atomic mass is 10.0. The van der Waals surface area contributed by atoms with Crippen LogP contribution in [0.1, 0.15) is 24.8 Å². The molecule has 1 aliphatic rings. The van der Waals surface area contributed by atoms with Crippen LogP contribution in [-0.2, 0) is 11.3 Å². The molecule has 0 spiro atoms. The van der Waals surface area contributed by atoms with Crippen molar-refractivity contribution >= 4 is 24.4 Å². The minimum absolute atomic E-state index is 0.0243. The maximum atomic E-state index is 12.1. The van der Waals surface area contributed by atoms with Crippen molar-refractivity contribution < 1.29 is 14.5 Å². The molecule has 1 aliphatic heterocycles. The lowest BCUT2D eigenvalue weighted by Gasteiger charge is -2.33. The van der Waals surface area contributed by atoms with Crippen LogP contribution in [0.2, 0.25) is 0 Å². The Bertz CT molecular complexity index is 506. The lowest BCUT2D eigenvalue weighted by Crippen LogP contribution is -2.44. The van der Waals surface area contributed by atoms with Gasteiger partial charge >= 0.3 is 6.09 Å². The first-order valence-corrected chi connectivity index (χ1v) is 7.52. The Balaban J connectivity index is 1.89. The molecule has 6 nitrogen and oxygen atoms in total. The highest BCUT2D eigenvalue weighted by molar-refractivity contribution is 7.80. The number of ether oxygens (including phenoxy) is 1. The molecule has 0 aliphatic carbocycles. The van der Waals surface area contributed by atoms with E-state index >= 15 is 0 Å². The van der Waals surface area contributed by atoms with Crippen molar-refractivity contribution in [3.05, 3.63) is 39.9 Å². The summed E-state index contributed by atoms with van der Waals surface area (Å²) in [5.74, 6) is 0.632. The molecule has 1 aromatic rings. The minimum Gasteiger partial charge on any atom is -0.445 e. The van der Waals surface area contributed by atoms with Crippen molar-refractivity contribution in [1.82, 2.24) is 4.90 Å². The Morgan fingerprint density at radius 3 is 2.71 bits per heavy atom. The number of benzene rings is 1. The number of likely N-dealkylation sites (tertiary alicyclic amines) is 1. The average molecular weight is 310 g/mol. The second-order valence-electron chi connectivity index (χ2n) is 5.00. The Hall–Kier alpha value is -1.76. The van der Waals surface area contributed by atoms with Gasteiger partial charge in [0.25, 0.3) is 5.69 Å². The highest BCUT2D eigenvalue weighted by atomic mass is 32.1. The smallest absolute Gasteiger partial charge is 0.410 e. The highest BCUT2D eigenvalue weighted by Gasteiger charge is 2.26. The fourth-order valence-electron chi connectivity index (χ4n) is 2.37. The van der Waals surface area contributed by atoms with Crippen LogP contribution in [0.3, 0.4) is 0 Å². The van der Waals surface area contributed by atoms with Crippen LogP contribution in [0.4, 0.5) is 10.5 Å². The first-order chi connectivity index (χ1) is 10.1. The summed E-state index contributed by atoms with van der Waals surface area (Å²) in [6.45, 7) is 0.816. The second kappa shape index (κ2) is 7.31. The number of carbonyl (C=O) groups is 1. The van der Waals surface area contributed by atoms with E-state index in [4.69, 9.17) is 4.74 Å². The zero-order valence-corrected chi connectivity index (χ0v) is 12.5. The van der Waals surface area contributed by atoms with Gasteiger partial charge in [-0.25, -0.2) is 4.79 Å². The van der Waals surface area contributed by atoms with Crippen molar-refractivity contribution in [1.29, 1.82) is 0 Å². The van der Waals surface area contributed by atoms with E-state index in [2.05, 4.69) is 12.6 Å². The summed E-state index contributed by atoms with van der Waals surface area (Å²) in [5.41, 5.74) is 0.754. The molecular formula is C14H18N2O4S. The van der Waals surface area contributed by atoms with E-state index in [1.807, 2.05) is 0 Å². The van der Waals surface area contributed by atoms with Gasteiger partial charge in [-0.05, 0) is 37.0 Å². The lowest BCUT2D eigenvalue weighted by molar-refractivity contribution is -0.384. The van der Waals surface area contributed by atoms with Gasteiger partial charge in [0.2, 0.25) is 0 Å². The molecule has 0 N–H and O–H groups in total. The molecule has 0 saturated carbocycles. The zero-order valence-electron chi connectivity index (χ0n) is 11.6. The first-order valence-electron chi connectivity index (χ1n) is 6.89. The quantitative estimate of drug-likeness (QED) is 0.527. The molecule has 1 heterocycles. The fraction of sp³-hybridized carbons (Fsp3) is 0.500. The second-order valence-corrected chi connectivity index (χ2v) is 5.37. The van der Waals surface area contributed by atoms with Crippen molar-refractivity contribution in [3.8, 4) is 0 Å². The Kier molecular flexibility index (Phi) is 5.44. The van der Waals surface area contributed by atoms with Gasteiger partial charge in [0.1, 0.15) is 6.61 Å². The van der Waals surface area contributed by atoms with Crippen molar-refractivity contribution in [3.63, 3.8) is 0 Å². The number of rotatable bonds is 4. The van der Waals surface area contributed by atoms with Crippen LogP contribution >= 0.6 is 12.6 Å². The maximum absolute atomic E-state index is 12.1. The van der Waals surface area contributed by atoms with Crippen LogP contribution < -0.4 is 0 Å². The predicted octanol–water partition coefficient (Wildman–Crippen LogP) is 3.02. The topological polar surface area (TPSA) is 72.7 Å². The Labute approximate surface area is 128 Å². The molecule has 1 unspecified atom stereocenters. The van der Waals surface area contributed by atoms with E-state index in [0.29, 0.717) is 12.3 Å². The summed E-state index contributed by atoms with van der Waals surface area (Å²) < 4.78 is 5.28. The molecule has 0 radical (unpaired) electrons. The number of carbonyl (C=O) groups excluding carboxylic acids is 1. The first kappa shape index (κ1) is 15.6. The number of thiol groups is 1. The molecule has 1 fully saturated rings. The van der Waals surface area contributed by atoms with Gasteiger partial charge < -0.3 is 9.64 Å². The molecular weight excluding hydrogens is 292 g/mol. The van der Waals surface area contributed by atoms with Crippen LogP contribution in [0.5, 0.6) is 0 Å². The predicted molar refractivity (Wildman–Crippen MR) is 81.5 cm³/mol. The largest absolute Gasteiger partial charge is 0.445 e.